The second kappa shape index (κ2) is 6.97. The predicted octanol–water partition coefficient (Wildman–Crippen LogP) is 3.29. The maximum Gasteiger partial charge on any atom is 0.128 e. The van der Waals surface area contributed by atoms with Crippen molar-refractivity contribution in [2.45, 2.75) is 33.2 Å². The molecular weight excluding hydrogens is 278 g/mol. The van der Waals surface area contributed by atoms with Crippen LogP contribution in [0.4, 0.5) is 5.82 Å². The molecule has 1 rings (SSSR count). The molecule has 1 atom stereocenters. The fourth-order valence-corrected chi connectivity index (χ4v) is 2.05. The largest absolute Gasteiger partial charge is 0.369 e. The number of hydrogen-bond donors (Lipinski definition) is 1. The van der Waals surface area contributed by atoms with E-state index in [1.54, 1.807) is 0 Å². The Labute approximate surface area is 113 Å². The summed E-state index contributed by atoms with van der Waals surface area (Å²) in [5.41, 5.74) is 1.17. The van der Waals surface area contributed by atoms with E-state index in [-0.39, 0.29) is 0 Å². The van der Waals surface area contributed by atoms with Gasteiger partial charge >= 0.3 is 0 Å². The average Bonchev–Trinajstić information content (AvgIpc) is 2.30. The van der Waals surface area contributed by atoms with E-state index in [0.29, 0.717) is 6.04 Å². The van der Waals surface area contributed by atoms with Crippen LogP contribution in [0.15, 0.2) is 16.7 Å². The highest BCUT2D eigenvalue weighted by Gasteiger charge is 2.06. The average molecular weight is 300 g/mol. The van der Waals surface area contributed by atoms with E-state index in [9.17, 15) is 0 Å². The van der Waals surface area contributed by atoms with Crippen LogP contribution in [-0.4, -0.2) is 36.1 Å². The summed E-state index contributed by atoms with van der Waals surface area (Å²) in [5, 5.41) is 3.38. The second-order valence-corrected chi connectivity index (χ2v) is 5.40. The van der Waals surface area contributed by atoms with Crippen molar-refractivity contribution in [2.75, 3.05) is 25.5 Å². The lowest BCUT2D eigenvalue weighted by molar-refractivity contribution is 0.261. The van der Waals surface area contributed by atoms with Gasteiger partial charge in [-0.15, -0.1) is 0 Å². The Hall–Kier alpha value is -0.610. The van der Waals surface area contributed by atoms with E-state index in [0.717, 1.165) is 23.4 Å². The van der Waals surface area contributed by atoms with Crippen molar-refractivity contribution >= 4 is 21.7 Å². The van der Waals surface area contributed by atoms with Crippen LogP contribution >= 0.6 is 15.9 Å². The lowest BCUT2D eigenvalue weighted by atomic mass is 10.2. The number of pyridine rings is 1. The lowest BCUT2D eigenvalue weighted by Crippen LogP contribution is -2.32. The molecule has 1 aromatic rings. The number of likely N-dealkylation sites (N-methyl/N-ethyl adjacent to an activating group) is 1. The molecule has 0 spiro atoms. The normalized spacial score (nSPS) is 12.8. The van der Waals surface area contributed by atoms with Gasteiger partial charge in [-0.25, -0.2) is 4.98 Å². The van der Waals surface area contributed by atoms with Crippen molar-refractivity contribution in [1.29, 1.82) is 0 Å². The van der Waals surface area contributed by atoms with Crippen LogP contribution in [0.5, 0.6) is 0 Å². The molecule has 0 amide bonds. The third-order valence-corrected chi connectivity index (χ3v) is 3.58. The van der Waals surface area contributed by atoms with Crippen LogP contribution in [0.1, 0.15) is 25.8 Å². The van der Waals surface area contributed by atoms with Crippen molar-refractivity contribution in [3.05, 3.63) is 22.3 Å². The third kappa shape index (κ3) is 4.64. The molecule has 0 aliphatic rings. The summed E-state index contributed by atoms with van der Waals surface area (Å²) in [7, 11) is 2.16. The summed E-state index contributed by atoms with van der Waals surface area (Å²) in [5.74, 6) is 0.978. The first-order chi connectivity index (χ1) is 8.04. The molecule has 0 bridgehead atoms. The Bertz CT molecular complexity index is 355. The van der Waals surface area contributed by atoms with E-state index in [4.69, 9.17) is 0 Å². The van der Waals surface area contributed by atoms with Gasteiger partial charge in [0.05, 0.1) is 0 Å². The van der Waals surface area contributed by atoms with Crippen LogP contribution in [0, 0.1) is 6.92 Å². The summed E-state index contributed by atoms with van der Waals surface area (Å²) >= 11 is 3.42. The van der Waals surface area contributed by atoms with Crippen molar-refractivity contribution in [3.63, 3.8) is 0 Å². The van der Waals surface area contributed by atoms with Gasteiger partial charge in [0.15, 0.2) is 0 Å². The number of aryl methyl sites for hydroxylation is 1. The third-order valence-electron chi connectivity index (χ3n) is 3.15. The number of aromatic nitrogens is 1. The number of nitrogens with zero attached hydrogens (tertiary/aromatic N) is 2. The van der Waals surface area contributed by atoms with Gasteiger partial charge in [0.25, 0.3) is 0 Å². The molecule has 96 valence electrons. The van der Waals surface area contributed by atoms with Gasteiger partial charge in [0, 0.05) is 29.8 Å². The van der Waals surface area contributed by atoms with Crippen LogP contribution in [-0.2, 0) is 0 Å². The van der Waals surface area contributed by atoms with Gasteiger partial charge in [-0.05, 0) is 54.9 Å². The van der Waals surface area contributed by atoms with Gasteiger partial charge in [-0.2, -0.15) is 0 Å². The zero-order valence-corrected chi connectivity index (χ0v) is 12.7. The molecule has 17 heavy (non-hydrogen) atoms. The Balaban J connectivity index is 2.40. The molecule has 1 unspecified atom stereocenters. The van der Waals surface area contributed by atoms with Crippen molar-refractivity contribution in [3.8, 4) is 0 Å². The molecular formula is C13H22BrN3. The number of halogens is 1. The summed E-state index contributed by atoms with van der Waals surface area (Å²) < 4.78 is 1.03. The molecule has 0 saturated carbocycles. The van der Waals surface area contributed by atoms with E-state index >= 15 is 0 Å². The number of rotatable bonds is 6. The Kier molecular flexibility index (Phi) is 5.92. The molecule has 1 aromatic heterocycles. The zero-order chi connectivity index (χ0) is 12.8. The molecule has 1 N–H and O–H groups in total. The van der Waals surface area contributed by atoms with Gasteiger partial charge in [-0.3, -0.25) is 0 Å². The summed E-state index contributed by atoms with van der Waals surface area (Å²) in [6.07, 6.45) is 3.01. The van der Waals surface area contributed by atoms with Gasteiger partial charge in [0.2, 0.25) is 0 Å². The highest BCUT2D eigenvalue weighted by Crippen LogP contribution is 2.16. The predicted molar refractivity (Wildman–Crippen MR) is 77.5 cm³/mol. The van der Waals surface area contributed by atoms with Crippen LogP contribution in [0.25, 0.3) is 0 Å². The quantitative estimate of drug-likeness (QED) is 0.874. The number of hydrogen-bond acceptors (Lipinski definition) is 3. The van der Waals surface area contributed by atoms with Gasteiger partial charge < -0.3 is 10.2 Å². The smallest absolute Gasteiger partial charge is 0.128 e. The molecule has 0 fully saturated rings. The topological polar surface area (TPSA) is 28.2 Å². The number of nitrogens with one attached hydrogen (secondary N) is 1. The first-order valence-corrected chi connectivity index (χ1v) is 6.90. The molecule has 4 heteroatoms. The SMILES string of the molecule is CCC(C)N(C)CCNc1ncc(Br)cc1C. The van der Waals surface area contributed by atoms with E-state index in [2.05, 4.69) is 65.0 Å². The molecule has 0 aliphatic carbocycles. The molecule has 0 saturated heterocycles. The highest BCUT2D eigenvalue weighted by atomic mass is 79.9. The fraction of sp³-hybridized carbons (Fsp3) is 0.615. The molecule has 3 nitrogen and oxygen atoms in total. The number of anilines is 1. The van der Waals surface area contributed by atoms with Gasteiger partial charge in [-0.1, -0.05) is 6.92 Å². The Morgan fingerprint density at radius 1 is 1.53 bits per heavy atom. The molecule has 0 aliphatic heterocycles. The van der Waals surface area contributed by atoms with Crippen LogP contribution < -0.4 is 5.32 Å². The minimum Gasteiger partial charge on any atom is -0.369 e. The fourth-order valence-electron chi connectivity index (χ4n) is 1.61. The van der Waals surface area contributed by atoms with E-state index in [1.165, 1.54) is 12.0 Å². The monoisotopic (exact) mass is 299 g/mol. The first kappa shape index (κ1) is 14.5. The Morgan fingerprint density at radius 2 is 2.24 bits per heavy atom. The van der Waals surface area contributed by atoms with E-state index < -0.39 is 0 Å². The maximum atomic E-state index is 4.36. The van der Waals surface area contributed by atoms with Crippen LogP contribution in [0.2, 0.25) is 0 Å². The lowest BCUT2D eigenvalue weighted by Gasteiger charge is -2.23. The zero-order valence-electron chi connectivity index (χ0n) is 11.1. The van der Waals surface area contributed by atoms with Crippen molar-refractivity contribution < 1.29 is 0 Å². The standard InChI is InChI=1S/C13H22BrN3/c1-5-11(3)17(4)7-6-15-13-10(2)8-12(14)9-16-13/h8-9,11H,5-7H2,1-4H3,(H,15,16). The summed E-state index contributed by atoms with van der Waals surface area (Å²) in [6, 6.07) is 2.71. The van der Waals surface area contributed by atoms with Gasteiger partial charge in [0.1, 0.15) is 5.82 Å². The minimum atomic E-state index is 0.635. The summed E-state index contributed by atoms with van der Waals surface area (Å²) in [4.78, 5) is 6.73. The second-order valence-electron chi connectivity index (χ2n) is 4.48. The molecule has 0 radical (unpaired) electrons. The minimum absolute atomic E-state index is 0.635. The molecule has 0 aromatic carbocycles. The first-order valence-electron chi connectivity index (χ1n) is 6.10. The van der Waals surface area contributed by atoms with Crippen LogP contribution in [0.3, 0.4) is 0 Å². The Morgan fingerprint density at radius 3 is 2.82 bits per heavy atom. The maximum absolute atomic E-state index is 4.36. The summed E-state index contributed by atoms with van der Waals surface area (Å²) in [6.45, 7) is 8.50. The highest BCUT2D eigenvalue weighted by molar-refractivity contribution is 9.10. The van der Waals surface area contributed by atoms with E-state index in [1.807, 2.05) is 6.20 Å². The van der Waals surface area contributed by atoms with Crippen molar-refractivity contribution in [1.82, 2.24) is 9.88 Å². The van der Waals surface area contributed by atoms with Crippen molar-refractivity contribution in [2.24, 2.45) is 0 Å². The molecule has 1 heterocycles.